The molecule has 3 rings (SSSR count). The van der Waals surface area contributed by atoms with Crippen molar-refractivity contribution in [3.63, 3.8) is 0 Å². The number of rotatable bonds is 5. The molecule has 0 spiro atoms. The molecule has 126 valence electrons. The fourth-order valence-electron chi connectivity index (χ4n) is 2.89. The van der Waals surface area contributed by atoms with Gasteiger partial charge in [-0.25, -0.2) is 4.39 Å². The molecule has 0 radical (unpaired) electrons. The van der Waals surface area contributed by atoms with E-state index in [9.17, 15) is 9.18 Å². The summed E-state index contributed by atoms with van der Waals surface area (Å²) in [5.41, 5.74) is 2.52. The zero-order chi connectivity index (χ0) is 16.9. The third kappa shape index (κ3) is 3.67. The number of benzene rings is 2. The summed E-state index contributed by atoms with van der Waals surface area (Å²) in [7, 11) is 1.39. The molecule has 2 aromatic carbocycles. The standard InChI is InChI=1S/C19H21FN2O2/c1-24-18-9-6-15(12-17(18)20)19(23)21-13-14-4-7-16(8-5-14)22-10-2-3-11-22/h4-9,12H,2-3,10-11,13H2,1H3,(H,21,23). The molecule has 1 N–H and O–H groups in total. The Kier molecular flexibility index (Phi) is 4.99. The maximum absolute atomic E-state index is 13.7. The van der Waals surface area contributed by atoms with Crippen LogP contribution in [0.15, 0.2) is 42.5 Å². The first-order valence-corrected chi connectivity index (χ1v) is 8.13. The molecule has 0 atom stereocenters. The van der Waals surface area contributed by atoms with E-state index in [2.05, 4.69) is 22.3 Å². The molecule has 0 aromatic heterocycles. The predicted molar refractivity (Wildman–Crippen MR) is 92.0 cm³/mol. The number of nitrogens with one attached hydrogen (secondary N) is 1. The minimum atomic E-state index is -0.542. The highest BCUT2D eigenvalue weighted by molar-refractivity contribution is 5.94. The number of amides is 1. The van der Waals surface area contributed by atoms with E-state index in [-0.39, 0.29) is 17.2 Å². The van der Waals surface area contributed by atoms with Gasteiger partial charge in [0, 0.05) is 30.9 Å². The number of carbonyl (C=O) groups excluding carboxylic acids is 1. The topological polar surface area (TPSA) is 41.6 Å². The van der Waals surface area contributed by atoms with Gasteiger partial charge >= 0.3 is 0 Å². The first kappa shape index (κ1) is 16.3. The van der Waals surface area contributed by atoms with E-state index in [4.69, 9.17) is 4.74 Å². The molecule has 0 unspecified atom stereocenters. The largest absolute Gasteiger partial charge is 0.494 e. The SMILES string of the molecule is COc1ccc(C(=O)NCc2ccc(N3CCCC3)cc2)cc1F. The Hall–Kier alpha value is -2.56. The normalized spacial score (nSPS) is 13.8. The summed E-state index contributed by atoms with van der Waals surface area (Å²) in [4.78, 5) is 14.5. The molecule has 1 fully saturated rings. The van der Waals surface area contributed by atoms with Crippen LogP contribution in [-0.2, 0) is 6.54 Å². The summed E-state index contributed by atoms with van der Waals surface area (Å²) < 4.78 is 18.5. The van der Waals surface area contributed by atoms with Gasteiger partial charge in [0.15, 0.2) is 11.6 Å². The van der Waals surface area contributed by atoms with Crippen LogP contribution in [0, 0.1) is 5.82 Å². The van der Waals surface area contributed by atoms with E-state index in [1.54, 1.807) is 6.07 Å². The highest BCUT2D eigenvalue weighted by Gasteiger charge is 2.12. The molecule has 1 amide bonds. The maximum Gasteiger partial charge on any atom is 0.251 e. The van der Waals surface area contributed by atoms with Gasteiger partial charge in [0.2, 0.25) is 0 Å². The smallest absolute Gasteiger partial charge is 0.251 e. The Labute approximate surface area is 141 Å². The van der Waals surface area contributed by atoms with Crippen molar-refractivity contribution in [2.45, 2.75) is 19.4 Å². The molecule has 5 heteroatoms. The van der Waals surface area contributed by atoms with Gasteiger partial charge in [-0.2, -0.15) is 0 Å². The van der Waals surface area contributed by atoms with E-state index < -0.39 is 5.82 Å². The van der Waals surface area contributed by atoms with Gasteiger partial charge < -0.3 is 15.0 Å². The number of halogens is 1. The summed E-state index contributed by atoms with van der Waals surface area (Å²) in [6, 6.07) is 12.4. The Morgan fingerprint density at radius 3 is 2.50 bits per heavy atom. The van der Waals surface area contributed by atoms with Crippen molar-refractivity contribution in [3.8, 4) is 5.75 Å². The Bertz CT molecular complexity index is 710. The molecule has 0 aliphatic carbocycles. The highest BCUT2D eigenvalue weighted by atomic mass is 19.1. The molecule has 1 aliphatic heterocycles. The van der Waals surface area contributed by atoms with Gasteiger partial charge in [-0.15, -0.1) is 0 Å². The van der Waals surface area contributed by atoms with Crippen LogP contribution in [0.3, 0.4) is 0 Å². The average Bonchev–Trinajstić information content (AvgIpc) is 3.14. The molecule has 0 saturated carbocycles. The summed E-state index contributed by atoms with van der Waals surface area (Å²) in [5, 5.41) is 2.81. The lowest BCUT2D eigenvalue weighted by Crippen LogP contribution is -2.23. The molecule has 2 aromatic rings. The molecule has 4 nitrogen and oxygen atoms in total. The molecule has 24 heavy (non-hydrogen) atoms. The fourth-order valence-corrected chi connectivity index (χ4v) is 2.89. The van der Waals surface area contributed by atoms with Crippen LogP contribution in [-0.4, -0.2) is 26.1 Å². The van der Waals surface area contributed by atoms with Gasteiger partial charge in [-0.3, -0.25) is 4.79 Å². The monoisotopic (exact) mass is 328 g/mol. The quantitative estimate of drug-likeness (QED) is 0.915. The van der Waals surface area contributed by atoms with Crippen molar-refractivity contribution in [2.24, 2.45) is 0 Å². The third-order valence-corrected chi connectivity index (χ3v) is 4.27. The van der Waals surface area contributed by atoms with Crippen molar-refractivity contribution < 1.29 is 13.9 Å². The van der Waals surface area contributed by atoms with Crippen LogP contribution in [0.1, 0.15) is 28.8 Å². The lowest BCUT2D eigenvalue weighted by atomic mass is 10.1. The second kappa shape index (κ2) is 7.34. The van der Waals surface area contributed by atoms with Crippen LogP contribution in [0.4, 0.5) is 10.1 Å². The van der Waals surface area contributed by atoms with Gasteiger partial charge in [0.05, 0.1) is 7.11 Å². The molecular weight excluding hydrogens is 307 g/mol. The Balaban J connectivity index is 1.58. The van der Waals surface area contributed by atoms with Crippen molar-refractivity contribution in [2.75, 3.05) is 25.1 Å². The third-order valence-electron chi connectivity index (χ3n) is 4.27. The van der Waals surface area contributed by atoms with Crippen molar-refractivity contribution in [1.82, 2.24) is 5.32 Å². The molecule has 0 bridgehead atoms. The summed E-state index contributed by atoms with van der Waals surface area (Å²) >= 11 is 0. The zero-order valence-corrected chi connectivity index (χ0v) is 13.7. The van der Waals surface area contributed by atoms with Gasteiger partial charge in [-0.05, 0) is 48.7 Å². The zero-order valence-electron chi connectivity index (χ0n) is 13.7. The van der Waals surface area contributed by atoms with E-state index >= 15 is 0 Å². The summed E-state index contributed by atoms with van der Waals surface area (Å²) in [5.74, 6) is -0.718. The second-order valence-corrected chi connectivity index (χ2v) is 5.89. The minimum Gasteiger partial charge on any atom is -0.494 e. The van der Waals surface area contributed by atoms with Crippen LogP contribution in [0.25, 0.3) is 0 Å². The highest BCUT2D eigenvalue weighted by Crippen LogP contribution is 2.21. The molecule has 1 heterocycles. The van der Waals surface area contributed by atoms with Gasteiger partial charge in [-0.1, -0.05) is 12.1 Å². The summed E-state index contributed by atoms with van der Waals surface area (Å²) in [6.45, 7) is 2.63. The van der Waals surface area contributed by atoms with Crippen LogP contribution in [0.2, 0.25) is 0 Å². The van der Waals surface area contributed by atoms with Crippen LogP contribution >= 0.6 is 0 Å². The number of anilines is 1. The minimum absolute atomic E-state index is 0.129. The first-order chi connectivity index (χ1) is 11.7. The van der Waals surface area contributed by atoms with E-state index in [0.29, 0.717) is 6.54 Å². The molecule has 1 aliphatic rings. The molecule has 1 saturated heterocycles. The lowest BCUT2D eigenvalue weighted by molar-refractivity contribution is 0.0950. The van der Waals surface area contributed by atoms with Crippen molar-refractivity contribution in [3.05, 3.63) is 59.4 Å². The van der Waals surface area contributed by atoms with Crippen molar-refractivity contribution >= 4 is 11.6 Å². The number of ether oxygens (including phenoxy) is 1. The van der Waals surface area contributed by atoms with E-state index in [1.807, 2.05) is 12.1 Å². The van der Waals surface area contributed by atoms with E-state index in [0.717, 1.165) is 18.7 Å². The second-order valence-electron chi connectivity index (χ2n) is 5.89. The summed E-state index contributed by atoms with van der Waals surface area (Å²) in [6.07, 6.45) is 2.49. The predicted octanol–water partition coefficient (Wildman–Crippen LogP) is 3.36. The Morgan fingerprint density at radius 1 is 1.17 bits per heavy atom. The average molecular weight is 328 g/mol. The van der Waals surface area contributed by atoms with Crippen molar-refractivity contribution in [1.29, 1.82) is 0 Å². The van der Waals surface area contributed by atoms with Crippen LogP contribution in [0.5, 0.6) is 5.75 Å². The Morgan fingerprint density at radius 2 is 1.88 bits per heavy atom. The van der Waals surface area contributed by atoms with E-state index in [1.165, 1.54) is 37.8 Å². The fraction of sp³-hybridized carbons (Fsp3) is 0.316. The number of carbonyl (C=O) groups is 1. The van der Waals surface area contributed by atoms with Crippen LogP contribution < -0.4 is 15.0 Å². The molecular formula is C19H21FN2O2. The van der Waals surface area contributed by atoms with Gasteiger partial charge in [0.25, 0.3) is 5.91 Å². The number of hydrogen-bond acceptors (Lipinski definition) is 3. The van der Waals surface area contributed by atoms with Gasteiger partial charge in [0.1, 0.15) is 0 Å². The number of hydrogen-bond donors (Lipinski definition) is 1. The first-order valence-electron chi connectivity index (χ1n) is 8.13. The number of methoxy groups -OCH3 is 1. The maximum atomic E-state index is 13.7. The lowest BCUT2D eigenvalue weighted by Gasteiger charge is -2.17. The number of nitrogens with zero attached hydrogens (tertiary/aromatic N) is 1.